The predicted octanol–water partition coefficient (Wildman–Crippen LogP) is 7.98. The summed E-state index contributed by atoms with van der Waals surface area (Å²) in [5.41, 5.74) is 17.4. The van der Waals surface area contributed by atoms with E-state index >= 15 is 0 Å². The molecule has 2 heterocycles. The van der Waals surface area contributed by atoms with Crippen molar-refractivity contribution in [1.82, 2.24) is 9.55 Å². The van der Waals surface area contributed by atoms with E-state index in [1.807, 2.05) is 18.2 Å². The van der Waals surface area contributed by atoms with Crippen LogP contribution in [-0.4, -0.2) is 9.55 Å². The van der Waals surface area contributed by atoms with Gasteiger partial charge in [0.15, 0.2) is 0 Å². The number of nitrogen functional groups attached to an aromatic ring is 1. The molecule has 0 radical (unpaired) electrons. The van der Waals surface area contributed by atoms with Crippen LogP contribution in [0.1, 0.15) is 11.1 Å². The average Bonchev–Trinajstić information content (AvgIpc) is 3.26. The third-order valence-corrected chi connectivity index (χ3v) is 6.82. The second kappa shape index (κ2) is 9.20. The summed E-state index contributed by atoms with van der Waals surface area (Å²) in [4.78, 5) is 5.32. The number of fused-ring (bicyclic) bond motifs is 1. The molecular weight excluding hydrogens is 438 g/mol. The van der Waals surface area contributed by atoms with E-state index in [1.165, 1.54) is 5.56 Å². The molecule has 0 saturated carbocycles. The fourth-order valence-electron chi connectivity index (χ4n) is 5.06. The molecule has 2 aromatic heterocycles. The van der Waals surface area contributed by atoms with E-state index in [1.54, 1.807) is 0 Å². The summed E-state index contributed by atoms with van der Waals surface area (Å²) in [5, 5.41) is 1.01. The number of nitrogens with zero attached hydrogens (tertiary/aromatic N) is 2. The summed E-state index contributed by atoms with van der Waals surface area (Å²) in [6, 6.07) is 42.0. The number of aromatic nitrogens is 2. The third kappa shape index (κ3) is 3.75. The SMILES string of the molecule is Cc1c(-c2ccccc2)nc2c(c1N)c(-c1ccccc1)c(-c1ccccc1)n2Cc1ccccc1. The van der Waals surface area contributed by atoms with Crippen molar-refractivity contribution in [2.24, 2.45) is 0 Å². The van der Waals surface area contributed by atoms with E-state index in [4.69, 9.17) is 10.7 Å². The van der Waals surface area contributed by atoms with Crippen LogP contribution in [0.2, 0.25) is 0 Å². The number of hydrogen-bond acceptors (Lipinski definition) is 2. The Hall–Kier alpha value is -4.63. The number of pyridine rings is 1. The van der Waals surface area contributed by atoms with Crippen molar-refractivity contribution in [3.63, 3.8) is 0 Å². The van der Waals surface area contributed by atoms with Crippen LogP contribution in [0.25, 0.3) is 44.7 Å². The van der Waals surface area contributed by atoms with E-state index in [2.05, 4.69) is 115 Å². The summed E-state index contributed by atoms with van der Waals surface area (Å²) in [6.07, 6.45) is 0. The van der Waals surface area contributed by atoms with Gasteiger partial charge in [0, 0.05) is 23.4 Å². The highest BCUT2D eigenvalue weighted by Gasteiger charge is 2.25. The normalized spacial score (nSPS) is 11.1. The standard InChI is InChI=1S/C33H27N3/c1-23-30(34)29-28(25-16-8-3-9-17-25)32(27-20-12-5-13-21-27)36(22-24-14-6-2-7-15-24)33(29)35-31(23)26-18-10-4-11-19-26/h2-21H,22H2,1H3,(H2,34,35). The minimum Gasteiger partial charge on any atom is -0.398 e. The molecule has 0 fully saturated rings. The molecule has 0 spiro atoms. The molecule has 2 N–H and O–H groups in total. The van der Waals surface area contributed by atoms with Gasteiger partial charge in [0.25, 0.3) is 0 Å². The molecule has 36 heavy (non-hydrogen) atoms. The van der Waals surface area contributed by atoms with Crippen LogP contribution >= 0.6 is 0 Å². The van der Waals surface area contributed by atoms with Crippen molar-refractivity contribution in [3.8, 4) is 33.6 Å². The first-order valence-electron chi connectivity index (χ1n) is 12.2. The van der Waals surface area contributed by atoms with Gasteiger partial charge in [-0.25, -0.2) is 4.98 Å². The fourth-order valence-corrected chi connectivity index (χ4v) is 5.06. The number of anilines is 1. The molecular formula is C33H27N3. The lowest BCUT2D eigenvalue weighted by atomic mass is 9.96. The Morgan fingerprint density at radius 1 is 0.639 bits per heavy atom. The molecule has 0 unspecified atom stereocenters. The Morgan fingerprint density at radius 3 is 1.72 bits per heavy atom. The Morgan fingerprint density at radius 2 is 1.14 bits per heavy atom. The summed E-state index contributed by atoms with van der Waals surface area (Å²) in [6.45, 7) is 2.77. The van der Waals surface area contributed by atoms with Gasteiger partial charge in [0.1, 0.15) is 5.65 Å². The van der Waals surface area contributed by atoms with E-state index in [0.717, 1.165) is 55.9 Å². The highest BCUT2D eigenvalue weighted by molar-refractivity contribution is 6.10. The van der Waals surface area contributed by atoms with Crippen molar-refractivity contribution in [3.05, 3.63) is 132 Å². The molecule has 0 amide bonds. The van der Waals surface area contributed by atoms with Crippen molar-refractivity contribution < 1.29 is 0 Å². The van der Waals surface area contributed by atoms with Crippen LogP contribution in [0.4, 0.5) is 5.69 Å². The number of rotatable bonds is 5. The van der Waals surface area contributed by atoms with Crippen LogP contribution in [0.3, 0.4) is 0 Å². The van der Waals surface area contributed by atoms with E-state index in [0.29, 0.717) is 6.54 Å². The van der Waals surface area contributed by atoms with Crippen molar-refractivity contribution >= 4 is 16.7 Å². The Kier molecular flexibility index (Phi) is 5.59. The van der Waals surface area contributed by atoms with Gasteiger partial charge in [0.2, 0.25) is 0 Å². The Labute approximate surface area is 211 Å². The molecule has 3 heteroatoms. The molecule has 4 aromatic carbocycles. The highest BCUT2D eigenvalue weighted by atomic mass is 15.1. The largest absolute Gasteiger partial charge is 0.398 e. The quantitative estimate of drug-likeness (QED) is 0.280. The van der Waals surface area contributed by atoms with E-state index in [-0.39, 0.29) is 0 Å². The van der Waals surface area contributed by atoms with E-state index in [9.17, 15) is 0 Å². The average molecular weight is 466 g/mol. The van der Waals surface area contributed by atoms with Crippen molar-refractivity contribution in [2.45, 2.75) is 13.5 Å². The summed E-state index contributed by atoms with van der Waals surface area (Å²) >= 11 is 0. The van der Waals surface area contributed by atoms with Crippen molar-refractivity contribution in [2.75, 3.05) is 5.73 Å². The van der Waals surface area contributed by atoms with Gasteiger partial charge < -0.3 is 10.3 Å². The molecule has 0 saturated heterocycles. The van der Waals surface area contributed by atoms with E-state index < -0.39 is 0 Å². The maximum Gasteiger partial charge on any atom is 0.144 e. The van der Waals surface area contributed by atoms with Crippen LogP contribution in [0.15, 0.2) is 121 Å². The lowest BCUT2D eigenvalue weighted by Crippen LogP contribution is -2.05. The fraction of sp³-hybridized carbons (Fsp3) is 0.0606. The van der Waals surface area contributed by atoms with Gasteiger partial charge in [-0.15, -0.1) is 0 Å². The van der Waals surface area contributed by atoms with Crippen LogP contribution in [0.5, 0.6) is 0 Å². The zero-order valence-corrected chi connectivity index (χ0v) is 20.2. The molecule has 0 atom stereocenters. The monoisotopic (exact) mass is 465 g/mol. The second-order valence-electron chi connectivity index (χ2n) is 9.09. The lowest BCUT2D eigenvalue weighted by Gasteiger charge is -2.13. The summed E-state index contributed by atoms with van der Waals surface area (Å²) in [7, 11) is 0. The van der Waals surface area contributed by atoms with Crippen LogP contribution < -0.4 is 5.73 Å². The second-order valence-corrected chi connectivity index (χ2v) is 9.09. The van der Waals surface area contributed by atoms with Crippen LogP contribution in [0, 0.1) is 6.92 Å². The summed E-state index contributed by atoms with van der Waals surface area (Å²) < 4.78 is 2.34. The first-order valence-corrected chi connectivity index (χ1v) is 12.2. The topological polar surface area (TPSA) is 43.8 Å². The molecule has 0 aliphatic heterocycles. The van der Waals surface area contributed by atoms with Gasteiger partial charge in [-0.2, -0.15) is 0 Å². The van der Waals surface area contributed by atoms with Gasteiger partial charge >= 0.3 is 0 Å². The number of benzene rings is 4. The van der Waals surface area contributed by atoms with Gasteiger partial charge in [0.05, 0.1) is 16.8 Å². The predicted molar refractivity (Wildman–Crippen MR) is 151 cm³/mol. The minimum absolute atomic E-state index is 0.693. The zero-order valence-electron chi connectivity index (χ0n) is 20.2. The zero-order chi connectivity index (χ0) is 24.5. The summed E-state index contributed by atoms with van der Waals surface area (Å²) in [5.74, 6) is 0. The molecule has 0 aliphatic rings. The maximum atomic E-state index is 6.99. The van der Waals surface area contributed by atoms with Gasteiger partial charge in [-0.3, -0.25) is 0 Å². The molecule has 3 nitrogen and oxygen atoms in total. The first kappa shape index (κ1) is 21.9. The molecule has 0 aliphatic carbocycles. The molecule has 0 bridgehead atoms. The molecule has 6 aromatic rings. The van der Waals surface area contributed by atoms with Crippen molar-refractivity contribution in [1.29, 1.82) is 0 Å². The molecule has 6 rings (SSSR count). The first-order chi connectivity index (χ1) is 17.7. The third-order valence-electron chi connectivity index (χ3n) is 6.82. The molecule has 174 valence electrons. The lowest BCUT2D eigenvalue weighted by molar-refractivity contribution is 0.834. The highest BCUT2D eigenvalue weighted by Crippen LogP contribution is 2.45. The number of hydrogen-bond donors (Lipinski definition) is 1. The number of nitrogens with two attached hydrogens (primary N) is 1. The Balaban J connectivity index is 1.76. The maximum absolute atomic E-state index is 6.99. The van der Waals surface area contributed by atoms with Gasteiger partial charge in [-0.1, -0.05) is 121 Å². The van der Waals surface area contributed by atoms with Crippen LogP contribution in [-0.2, 0) is 6.54 Å². The Bertz CT molecular complexity index is 1640. The van der Waals surface area contributed by atoms with Gasteiger partial charge in [-0.05, 0) is 29.2 Å². The minimum atomic E-state index is 0.693. The smallest absolute Gasteiger partial charge is 0.144 e.